The molecule has 0 spiro atoms. The van der Waals surface area contributed by atoms with Gasteiger partial charge in [0.15, 0.2) is 0 Å². The van der Waals surface area contributed by atoms with Crippen LogP contribution >= 0.6 is 0 Å². The molecule has 1 aromatic rings. The maximum absolute atomic E-state index is 11.4. The number of benzene rings is 1. The summed E-state index contributed by atoms with van der Waals surface area (Å²) in [6, 6.07) is 4.76. The molecule has 1 aromatic carbocycles. The van der Waals surface area contributed by atoms with Crippen molar-refractivity contribution in [3.8, 4) is 0 Å². The smallest absolute Gasteiger partial charge is 0.238 e. The van der Waals surface area contributed by atoms with Crippen molar-refractivity contribution in [3.05, 3.63) is 35.5 Å². The number of fused-ring (bicyclic) bond motifs is 1. The first kappa shape index (κ1) is 13.8. The molecular weight excluding hydrogens is 264 g/mol. The highest BCUT2D eigenvalue weighted by molar-refractivity contribution is 7.89. The van der Waals surface area contributed by atoms with Gasteiger partial charge in [0.25, 0.3) is 0 Å². The molecule has 19 heavy (non-hydrogen) atoms. The van der Waals surface area contributed by atoms with Gasteiger partial charge in [0.1, 0.15) is 6.29 Å². The molecule has 2 N–H and O–H groups in total. The molecule has 1 heterocycles. The lowest BCUT2D eigenvalue weighted by atomic mass is 9.84. The monoisotopic (exact) mass is 280 g/mol. The van der Waals surface area contributed by atoms with Crippen LogP contribution in [0.15, 0.2) is 34.9 Å². The minimum Gasteiger partial charge on any atom is -0.347 e. The SMILES string of the molecule is CN1/C(=C\C=O)C(C)(C)c2cc(S(N)(=O)=O)ccc21. The fraction of sp³-hybridized carbons (Fsp3) is 0.308. The molecule has 5 nitrogen and oxygen atoms in total. The van der Waals surface area contributed by atoms with Crippen molar-refractivity contribution in [1.29, 1.82) is 0 Å². The number of likely N-dealkylation sites (N-methyl/N-ethyl adjacent to an activating group) is 1. The van der Waals surface area contributed by atoms with Gasteiger partial charge in [-0.3, -0.25) is 4.79 Å². The second-order valence-corrected chi connectivity index (χ2v) is 6.66. The van der Waals surface area contributed by atoms with Crippen LogP contribution in [0.25, 0.3) is 0 Å². The Labute approximate surface area is 112 Å². The average molecular weight is 280 g/mol. The zero-order valence-corrected chi connectivity index (χ0v) is 11.9. The lowest BCUT2D eigenvalue weighted by molar-refractivity contribution is -0.104. The first-order valence-corrected chi connectivity index (χ1v) is 7.31. The predicted molar refractivity (Wildman–Crippen MR) is 73.4 cm³/mol. The Balaban J connectivity index is 2.70. The first-order valence-electron chi connectivity index (χ1n) is 5.76. The van der Waals surface area contributed by atoms with E-state index >= 15 is 0 Å². The summed E-state index contributed by atoms with van der Waals surface area (Å²) in [7, 11) is -1.88. The molecule has 0 saturated heterocycles. The third-order valence-corrected chi connectivity index (χ3v) is 4.47. The Morgan fingerprint density at radius 3 is 2.47 bits per heavy atom. The van der Waals surface area contributed by atoms with Crippen molar-refractivity contribution in [2.24, 2.45) is 5.14 Å². The van der Waals surface area contributed by atoms with E-state index in [4.69, 9.17) is 5.14 Å². The molecule has 6 heteroatoms. The number of nitrogens with two attached hydrogens (primary N) is 1. The van der Waals surface area contributed by atoms with Gasteiger partial charge in [-0.1, -0.05) is 13.8 Å². The molecule has 0 atom stereocenters. The van der Waals surface area contributed by atoms with Gasteiger partial charge in [0.2, 0.25) is 10.0 Å². The molecule has 0 amide bonds. The third kappa shape index (κ3) is 2.06. The molecule has 1 aliphatic rings. The van der Waals surface area contributed by atoms with Crippen molar-refractivity contribution in [2.45, 2.75) is 24.2 Å². The highest BCUT2D eigenvalue weighted by Gasteiger charge is 2.38. The molecule has 1 aliphatic heterocycles. The number of allylic oxidation sites excluding steroid dienone is 2. The maximum atomic E-state index is 11.4. The summed E-state index contributed by atoms with van der Waals surface area (Å²) >= 11 is 0. The number of primary sulfonamides is 1. The molecule has 0 unspecified atom stereocenters. The number of hydrogen-bond acceptors (Lipinski definition) is 4. The fourth-order valence-electron chi connectivity index (χ4n) is 2.56. The summed E-state index contributed by atoms with van der Waals surface area (Å²) in [4.78, 5) is 12.7. The largest absolute Gasteiger partial charge is 0.347 e. The summed E-state index contributed by atoms with van der Waals surface area (Å²) in [6.07, 6.45) is 2.23. The maximum Gasteiger partial charge on any atom is 0.238 e. The molecule has 0 fully saturated rings. The van der Waals surface area contributed by atoms with Gasteiger partial charge >= 0.3 is 0 Å². The van der Waals surface area contributed by atoms with Crippen LogP contribution in [0, 0.1) is 0 Å². The van der Waals surface area contributed by atoms with Crippen LogP contribution in [0.5, 0.6) is 0 Å². The van der Waals surface area contributed by atoms with E-state index in [0.717, 1.165) is 23.2 Å². The van der Waals surface area contributed by atoms with Crippen LogP contribution in [0.3, 0.4) is 0 Å². The zero-order valence-electron chi connectivity index (χ0n) is 11.0. The number of anilines is 1. The molecule has 0 bridgehead atoms. The number of hydrogen-bond donors (Lipinski definition) is 1. The summed E-state index contributed by atoms with van der Waals surface area (Å²) in [5.41, 5.74) is 2.11. The van der Waals surface area contributed by atoms with Gasteiger partial charge in [-0.15, -0.1) is 0 Å². The van der Waals surface area contributed by atoms with E-state index < -0.39 is 15.4 Å². The number of carbonyl (C=O) groups excluding carboxylic acids is 1. The second kappa shape index (κ2) is 4.18. The van der Waals surface area contributed by atoms with E-state index in [2.05, 4.69) is 0 Å². The van der Waals surface area contributed by atoms with Crippen LogP contribution in [0.2, 0.25) is 0 Å². The summed E-state index contributed by atoms with van der Waals surface area (Å²) < 4.78 is 22.9. The van der Waals surface area contributed by atoms with Crippen molar-refractivity contribution < 1.29 is 13.2 Å². The van der Waals surface area contributed by atoms with Gasteiger partial charge in [-0.2, -0.15) is 0 Å². The Hall–Kier alpha value is -1.66. The van der Waals surface area contributed by atoms with Crippen LogP contribution in [0.1, 0.15) is 19.4 Å². The number of nitrogens with zero attached hydrogens (tertiary/aromatic N) is 1. The lowest BCUT2D eigenvalue weighted by Gasteiger charge is -2.23. The lowest BCUT2D eigenvalue weighted by Crippen LogP contribution is -2.23. The van der Waals surface area contributed by atoms with Crippen LogP contribution in [-0.4, -0.2) is 21.8 Å². The van der Waals surface area contributed by atoms with E-state index in [1.807, 2.05) is 25.8 Å². The van der Waals surface area contributed by atoms with Crippen molar-refractivity contribution >= 4 is 22.0 Å². The Bertz CT molecular complexity index is 675. The molecule has 0 aliphatic carbocycles. The molecule has 0 saturated carbocycles. The molecule has 2 rings (SSSR count). The predicted octanol–water partition coefficient (Wildman–Crippen LogP) is 1.14. The van der Waals surface area contributed by atoms with E-state index in [-0.39, 0.29) is 4.90 Å². The van der Waals surface area contributed by atoms with Crippen molar-refractivity contribution in [1.82, 2.24) is 0 Å². The van der Waals surface area contributed by atoms with E-state index in [1.54, 1.807) is 12.1 Å². The van der Waals surface area contributed by atoms with Gasteiger partial charge in [-0.25, -0.2) is 13.6 Å². The Kier molecular flexibility index (Phi) is 3.03. The van der Waals surface area contributed by atoms with Gasteiger partial charge in [-0.05, 0) is 29.8 Å². The van der Waals surface area contributed by atoms with E-state index in [1.165, 1.54) is 12.1 Å². The average Bonchev–Trinajstić information content (AvgIpc) is 2.50. The second-order valence-electron chi connectivity index (χ2n) is 5.10. The standard InChI is InChI=1S/C13H16N2O3S/c1-13(2)10-8-9(19(14,17)18)4-5-11(10)15(3)12(13)6-7-16/h4-8H,1-3H3,(H2,14,17,18)/b12-6-. The summed E-state index contributed by atoms with van der Waals surface area (Å²) in [5, 5.41) is 5.16. The van der Waals surface area contributed by atoms with Crippen molar-refractivity contribution in [2.75, 3.05) is 11.9 Å². The Morgan fingerprint density at radius 1 is 1.32 bits per heavy atom. The third-order valence-electron chi connectivity index (χ3n) is 3.56. The fourth-order valence-corrected chi connectivity index (χ4v) is 3.10. The van der Waals surface area contributed by atoms with Gasteiger partial charge < -0.3 is 4.90 Å². The highest BCUT2D eigenvalue weighted by atomic mass is 32.2. The number of aldehydes is 1. The molecular formula is C13H16N2O3S. The van der Waals surface area contributed by atoms with Crippen LogP contribution < -0.4 is 10.0 Å². The van der Waals surface area contributed by atoms with E-state index in [9.17, 15) is 13.2 Å². The quantitative estimate of drug-likeness (QED) is 0.651. The van der Waals surface area contributed by atoms with E-state index in [0.29, 0.717) is 0 Å². The molecule has 0 radical (unpaired) electrons. The topological polar surface area (TPSA) is 80.5 Å². The van der Waals surface area contributed by atoms with Crippen molar-refractivity contribution in [3.63, 3.8) is 0 Å². The van der Waals surface area contributed by atoms with Crippen LogP contribution in [-0.2, 0) is 20.2 Å². The van der Waals surface area contributed by atoms with Gasteiger partial charge in [0, 0.05) is 23.8 Å². The molecule has 0 aromatic heterocycles. The minimum absolute atomic E-state index is 0.0834. The highest BCUT2D eigenvalue weighted by Crippen LogP contribution is 2.47. The minimum atomic E-state index is -3.73. The summed E-state index contributed by atoms with van der Waals surface area (Å²) in [5.74, 6) is 0. The normalized spacial score (nSPS) is 19.6. The summed E-state index contributed by atoms with van der Waals surface area (Å²) in [6.45, 7) is 3.88. The molecule has 102 valence electrons. The number of sulfonamides is 1. The van der Waals surface area contributed by atoms with Crippen LogP contribution in [0.4, 0.5) is 5.69 Å². The Morgan fingerprint density at radius 2 is 1.95 bits per heavy atom. The number of rotatable bonds is 2. The zero-order chi connectivity index (χ0) is 14.4. The number of carbonyl (C=O) groups is 1. The van der Waals surface area contributed by atoms with Gasteiger partial charge in [0.05, 0.1) is 4.90 Å². The first-order chi connectivity index (χ1) is 8.69.